The number of hydrogen-bond donors (Lipinski definition) is 2. The maximum absolute atomic E-state index is 11.1. The Morgan fingerprint density at radius 3 is 3.00 bits per heavy atom. The Bertz CT molecular complexity index is 476. The number of aromatic amines is 1. The number of halogens is 1. The van der Waals surface area contributed by atoms with E-state index in [4.69, 9.17) is 11.6 Å². The first-order chi connectivity index (χ1) is 7.70. The smallest absolute Gasteiger partial charge is 0.235 e. The second-order valence-corrected chi connectivity index (χ2v) is 3.83. The van der Waals surface area contributed by atoms with E-state index in [1.165, 1.54) is 0 Å². The second kappa shape index (κ2) is 4.53. The van der Waals surface area contributed by atoms with E-state index in [1.807, 2.05) is 31.2 Å². The Morgan fingerprint density at radius 2 is 2.31 bits per heavy atom. The van der Waals surface area contributed by atoms with Gasteiger partial charge in [0.2, 0.25) is 5.91 Å². The fraction of sp³-hybridized carbons (Fsp3) is 0.273. The van der Waals surface area contributed by atoms with Gasteiger partial charge >= 0.3 is 0 Å². The summed E-state index contributed by atoms with van der Waals surface area (Å²) < 4.78 is 0. The number of rotatable bonds is 3. The molecule has 0 saturated heterocycles. The standard InChI is InChI=1S/C11H12ClN3O/c1-7(13-10(16)6-12)11-14-8-4-2-3-5-9(8)15-11/h2-5,7H,6H2,1H3,(H,13,16)(H,14,15)/t7-/m0/s1. The normalized spacial score (nSPS) is 12.6. The molecule has 1 atom stereocenters. The van der Waals surface area contributed by atoms with Crippen molar-refractivity contribution >= 4 is 28.5 Å². The largest absolute Gasteiger partial charge is 0.345 e. The number of aromatic nitrogens is 2. The molecule has 2 aromatic rings. The summed E-state index contributed by atoms with van der Waals surface area (Å²) in [6.45, 7) is 1.86. The third kappa shape index (κ3) is 2.17. The molecule has 0 fully saturated rings. The molecule has 16 heavy (non-hydrogen) atoms. The molecule has 5 heteroatoms. The van der Waals surface area contributed by atoms with E-state index in [9.17, 15) is 4.79 Å². The predicted molar refractivity (Wildman–Crippen MR) is 63.4 cm³/mol. The van der Waals surface area contributed by atoms with Gasteiger partial charge in [-0.3, -0.25) is 4.79 Å². The van der Waals surface area contributed by atoms with Gasteiger partial charge < -0.3 is 10.3 Å². The molecule has 2 rings (SSSR count). The van der Waals surface area contributed by atoms with E-state index >= 15 is 0 Å². The Kier molecular flexibility index (Phi) is 3.10. The van der Waals surface area contributed by atoms with Gasteiger partial charge in [-0.25, -0.2) is 4.98 Å². The molecular weight excluding hydrogens is 226 g/mol. The molecule has 4 nitrogen and oxygen atoms in total. The molecule has 0 radical (unpaired) electrons. The highest BCUT2D eigenvalue weighted by Gasteiger charge is 2.12. The topological polar surface area (TPSA) is 57.8 Å². The van der Waals surface area contributed by atoms with Crippen LogP contribution >= 0.6 is 11.6 Å². The van der Waals surface area contributed by atoms with Crippen LogP contribution in [0, 0.1) is 0 Å². The Balaban J connectivity index is 2.23. The van der Waals surface area contributed by atoms with Crippen LogP contribution in [0.1, 0.15) is 18.8 Å². The zero-order valence-electron chi connectivity index (χ0n) is 8.83. The summed E-state index contributed by atoms with van der Waals surface area (Å²) in [5, 5.41) is 2.74. The number of H-pyrrole nitrogens is 1. The van der Waals surface area contributed by atoms with Crippen molar-refractivity contribution in [3.05, 3.63) is 30.1 Å². The number of para-hydroxylation sites is 2. The van der Waals surface area contributed by atoms with Crippen LogP contribution in [0.2, 0.25) is 0 Å². The fourth-order valence-corrected chi connectivity index (χ4v) is 1.60. The third-order valence-electron chi connectivity index (χ3n) is 2.32. The van der Waals surface area contributed by atoms with Crippen molar-refractivity contribution in [1.29, 1.82) is 0 Å². The monoisotopic (exact) mass is 237 g/mol. The zero-order valence-corrected chi connectivity index (χ0v) is 9.58. The van der Waals surface area contributed by atoms with Gasteiger partial charge in [0, 0.05) is 0 Å². The predicted octanol–water partition coefficient (Wildman–Crippen LogP) is 1.98. The van der Waals surface area contributed by atoms with Gasteiger partial charge in [-0.1, -0.05) is 12.1 Å². The van der Waals surface area contributed by atoms with Crippen molar-refractivity contribution in [3.63, 3.8) is 0 Å². The molecule has 0 aliphatic heterocycles. The second-order valence-electron chi connectivity index (χ2n) is 3.56. The van der Waals surface area contributed by atoms with E-state index in [0.29, 0.717) is 0 Å². The van der Waals surface area contributed by atoms with E-state index in [2.05, 4.69) is 15.3 Å². The van der Waals surface area contributed by atoms with Crippen LogP contribution in [-0.4, -0.2) is 21.8 Å². The molecule has 2 N–H and O–H groups in total. The summed E-state index contributed by atoms with van der Waals surface area (Å²) in [6, 6.07) is 7.56. The minimum Gasteiger partial charge on any atom is -0.345 e. The maximum atomic E-state index is 11.1. The van der Waals surface area contributed by atoms with Crippen molar-refractivity contribution in [2.24, 2.45) is 0 Å². The summed E-state index contributed by atoms with van der Waals surface area (Å²) in [4.78, 5) is 18.7. The van der Waals surface area contributed by atoms with Gasteiger partial charge in [0.05, 0.1) is 17.1 Å². The maximum Gasteiger partial charge on any atom is 0.235 e. The third-order valence-corrected chi connectivity index (χ3v) is 2.56. The zero-order chi connectivity index (χ0) is 11.5. The molecule has 0 aliphatic carbocycles. The van der Waals surface area contributed by atoms with Gasteiger partial charge in [-0.15, -0.1) is 11.6 Å². The van der Waals surface area contributed by atoms with Gasteiger partial charge in [0.25, 0.3) is 0 Å². The van der Waals surface area contributed by atoms with Crippen LogP contribution in [0.4, 0.5) is 0 Å². The van der Waals surface area contributed by atoms with Gasteiger partial charge in [0.15, 0.2) is 0 Å². The number of carbonyl (C=O) groups is 1. The number of nitrogens with zero attached hydrogens (tertiary/aromatic N) is 1. The van der Waals surface area contributed by atoms with Crippen LogP contribution in [0.5, 0.6) is 0 Å². The molecular formula is C11H12ClN3O. The lowest BCUT2D eigenvalue weighted by Gasteiger charge is -2.09. The molecule has 0 saturated carbocycles. The molecule has 84 valence electrons. The lowest BCUT2D eigenvalue weighted by Crippen LogP contribution is -2.28. The molecule has 0 unspecified atom stereocenters. The molecule has 1 aromatic heterocycles. The number of imidazole rings is 1. The molecule has 1 heterocycles. The van der Waals surface area contributed by atoms with Crippen molar-refractivity contribution in [2.75, 3.05) is 5.88 Å². The first-order valence-corrected chi connectivity index (χ1v) is 5.54. The minimum atomic E-state index is -0.199. The quantitative estimate of drug-likeness (QED) is 0.802. The van der Waals surface area contributed by atoms with Crippen LogP contribution < -0.4 is 5.32 Å². The van der Waals surface area contributed by atoms with E-state index < -0.39 is 0 Å². The van der Waals surface area contributed by atoms with E-state index in [1.54, 1.807) is 0 Å². The molecule has 0 spiro atoms. The number of benzene rings is 1. The number of fused-ring (bicyclic) bond motifs is 1. The SMILES string of the molecule is C[C@H](NC(=O)CCl)c1nc2ccccc2[nH]1. The van der Waals surface area contributed by atoms with Crippen LogP contribution in [0.25, 0.3) is 11.0 Å². The Labute approximate surface area is 98.0 Å². The highest BCUT2D eigenvalue weighted by molar-refractivity contribution is 6.27. The Morgan fingerprint density at radius 1 is 1.56 bits per heavy atom. The summed E-state index contributed by atoms with van der Waals surface area (Å²) in [5.74, 6) is 0.499. The van der Waals surface area contributed by atoms with Gasteiger partial charge in [-0.2, -0.15) is 0 Å². The summed E-state index contributed by atoms with van der Waals surface area (Å²) in [7, 11) is 0. The fourth-order valence-electron chi connectivity index (χ4n) is 1.53. The van der Waals surface area contributed by atoms with Crippen LogP contribution in [-0.2, 0) is 4.79 Å². The number of hydrogen-bond acceptors (Lipinski definition) is 2. The molecule has 0 aliphatic rings. The van der Waals surface area contributed by atoms with Crippen molar-refractivity contribution in [3.8, 4) is 0 Å². The van der Waals surface area contributed by atoms with Crippen LogP contribution in [0.15, 0.2) is 24.3 Å². The number of carbonyl (C=O) groups excluding carboxylic acids is 1. The van der Waals surface area contributed by atoms with Crippen molar-refractivity contribution in [1.82, 2.24) is 15.3 Å². The van der Waals surface area contributed by atoms with Crippen molar-refractivity contribution in [2.45, 2.75) is 13.0 Å². The lowest BCUT2D eigenvalue weighted by molar-refractivity contribution is -0.119. The van der Waals surface area contributed by atoms with Crippen LogP contribution in [0.3, 0.4) is 0 Å². The average Bonchev–Trinajstić information content (AvgIpc) is 2.72. The molecule has 1 aromatic carbocycles. The van der Waals surface area contributed by atoms with E-state index in [0.717, 1.165) is 16.9 Å². The first kappa shape index (κ1) is 11.0. The van der Waals surface area contributed by atoms with Gasteiger partial charge in [0.1, 0.15) is 11.7 Å². The van der Waals surface area contributed by atoms with Gasteiger partial charge in [-0.05, 0) is 19.1 Å². The molecule has 1 amide bonds. The number of alkyl halides is 1. The highest BCUT2D eigenvalue weighted by atomic mass is 35.5. The highest BCUT2D eigenvalue weighted by Crippen LogP contribution is 2.15. The number of nitrogens with one attached hydrogen (secondary N) is 2. The average molecular weight is 238 g/mol. The molecule has 0 bridgehead atoms. The van der Waals surface area contributed by atoms with E-state index in [-0.39, 0.29) is 17.8 Å². The first-order valence-electron chi connectivity index (χ1n) is 5.00. The lowest BCUT2D eigenvalue weighted by atomic mass is 10.3. The number of amides is 1. The summed E-state index contributed by atoms with van der Waals surface area (Å²) in [5.41, 5.74) is 1.86. The summed E-state index contributed by atoms with van der Waals surface area (Å²) >= 11 is 5.42. The van der Waals surface area contributed by atoms with Crippen molar-refractivity contribution < 1.29 is 4.79 Å². The summed E-state index contributed by atoms with van der Waals surface area (Å²) in [6.07, 6.45) is 0. The minimum absolute atomic E-state index is 0.0371. The Hall–Kier alpha value is -1.55.